The number of aromatic nitrogens is 1. The smallest absolute Gasteiger partial charge is 0.357 e. The van der Waals surface area contributed by atoms with Gasteiger partial charge < -0.3 is 9.47 Å². The first-order valence-corrected chi connectivity index (χ1v) is 7.32. The molecule has 3 aromatic rings. The van der Waals surface area contributed by atoms with Gasteiger partial charge in [0.25, 0.3) is 0 Å². The van der Waals surface area contributed by atoms with Crippen LogP contribution in [0.25, 0.3) is 22.0 Å². The van der Waals surface area contributed by atoms with Gasteiger partial charge in [0.2, 0.25) is 0 Å². The first kappa shape index (κ1) is 15.7. The third-order valence-corrected chi connectivity index (χ3v) is 3.73. The fourth-order valence-corrected chi connectivity index (χ4v) is 2.63. The van der Waals surface area contributed by atoms with Crippen molar-refractivity contribution in [1.82, 2.24) is 4.98 Å². The quantitative estimate of drug-likeness (QED) is 0.691. The molecule has 0 aliphatic rings. The number of methoxy groups -OCH3 is 2. The van der Waals surface area contributed by atoms with Crippen LogP contribution in [0.5, 0.6) is 0 Å². The second kappa shape index (κ2) is 6.50. The van der Waals surface area contributed by atoms with Crippen molar-refractivity contribution in [3.63, 3.8) is 0 Å². The summed E-state index contributed by atoms with van der Waals surface area (Å²) in [6.07, 6.45) is 0. The normalized spacial score (nSPS) is 10.4. The molecule has 2 aromatic carbocycles. The van der Waals surface area contributed by atoms with Gasteiger partial charge in [-0.2, -0.15) is 0 Å². The van der Waals surface area contributed by atoms with Gasteiger partial charge >= 0.3 is 11.9 Å². The second-order valence-corrected chi connectivity index (χ2v) is 5.08. The summed E-state index contributed by atoms with van der Waals surface area (Å²) in [6, 6.07) is 16.7. The summed E-state index contributed by atoms with van der Waals surface area (Å²) in [5.41, 5.74) is 1.51. The van der Waals surface area contributed by atoms with Crippen molar-refractivity contribution in [2.75, 3.05) is 14.2 Å². The SMILES string of the molecule is COC(=O)c1nc(-c2ccccc2)c2ccccc2c1C(=O)OC. The van der Waals surface area contributed by atoms with Gasteiger partial charge in [-0.1, -0.05) is 54.6 Å². The molecule has 24 heavy (non-hydrogen) atoms. The van der Waals surface area contributed by atoms with Gasteiger partial charge in [-0.3, -0.25) is 0 Å². The van der Waals surface area contributed by atoms with Crippen molar-refractivity contribution in [2.24, 2.45) is 0 Å². The summed E-state index contributed by atoms with van der Waals surface area (Å²) in [6.45, 7) is 0. The molecule has 0 N–H and O–H groups in total. The zero-order valence-corrected chi connectivity index (χ0v) is 13.3. The Morgan fingerprint density at radius 1 is 0.792 bits per heavy atom. The zero-order valence-electron chi connectivity index (χ0n) is 13.3. The van der Waals surface area contributed by atoms with Crippen molar-refractivity contribution in [3.05, 3.63) is 65.9 Å². The number of pyridine rings is 1. The monoisotopic (exact) mass is 321 g/mol. The zero-order chi connectivity index (χ0) is 17.1. The van der Waals surface area contributed by atoms with E-state index in [9.17, 15) is 9.59 Å². The molecule has 5 nitrogen and oxygen atoms in total. The average Bonchev–Trinajstić information content (AvgIpc) is 2.66. The van der Waals surface area contributed by atoms with Crippen LogP contribution in [0.1, 0.15) is 20.8 Å². The minimum Gasteiger partial charge on any atom is -0.465 e. The molecule has 0 saturated heterocycles. The number of hydrogen-bond acceptors (Lipinski definition) is 5. The van der Waals surface area contributed by atoms with Crippen molar-refractivity contribution in [2.45, 2.75) is 0 Å². The molecule has 3 rings (SSSR count). The van der Waals surface area contributed by atoms with Gasteiger partial charge in [0.05, 0.1) is 19.9 Å². The maximum Gasteiger partial charge on any atom is 0.357 e. The van der Waals surface area contributed by atoms with Crippen LogP contribution in [0.15, 0.2) is 54.6 Å². The van der Waals surface area contributed by atoms with Crippen LogP contribution >= 0.6 is 0 Å². The highest BCUT2D eigenvalue weighted by Gasteiger charge is 2.25. The number of rotatable bonds is 3. The molecule has 0 bridgehead atoms. The molecular formula is C19H15NO4. The van der Waals surface area contributed by atoms with Gasteiger partial charge in [-0.25, -0.2) is 14.6 Å². The Labute approximate surface area is 138 Å². The number of fused-ring (bicyclic) bond motifs is 1. The Bertz CT molecular complexity index is 919. The van der Waals surface area contributed by atoms with Gasteiger partial charge in [0.15, 0.2) is 5.69 Å². The molecule has 0 radical (unpaired) electrons. The summed E-state index contributed by atoms with van der Waals surface area (Å²) >= 11 is 0. The number of carbonyl (C=O) groups excluding carboxylic acids is 2. The molecule has 120 valence electrons. The third-order valence-electron chi connectivity index (χ3n) is 3.73. The number of hydrogen-bond donors (Lipinski definition) is 0. The molecule has 0 aliphatic carbocycles. The molecule has 0 unspecified atom stereocenters. The van der Waals surface area contributed by atoms with Crippen LogP contribution in [0.2, 0.25) is 0 Å². The van der Waals surface area contributed by atoms with Crippen LogP contribution < -0.4 is 0 Å². The van der Waals surface area contributed by atoms with E-state index >= 15 is 0 Å². The van der Waals surface area contributed by atoms with Gasteiger partial charge in [-0.15, -0.1) is 0 Å². The minimum absolute atomic E-state index is 0.0538. The highest BCUT2D eigenvalue weighted by atomic mass is 16.5. The Hall–Kier alpha value is -3.21. The van der Waals surface area contributed by atoms with E-state index in [1.165, 1.54) is 14.2 Å². The number of benzene rings is 2. The van der Waals surface area contributed by atoms with E-state index < -0.39 is 11.9 Å². The lowest BCUT2D eigenvalue weighted by Gasteiger charge is -2.13. The fourth-order valence-electron chi connectivity index (χ4n) is 2.63. The fraction of sp³-hybridized carbons (Fsp3) is 0.105. The third kappa shape index (κ3) is 2.60. The Morgan fingerprint density at radius 3 is 2.00 bits per heavy atom. The van der Waals surface area contributed by atoms with E-state index in [-0.39, 0.29) is 11.3 Å². The van der Waals surface area contributed by atoms with Crippen LogP contribution in [0, 0.1) is 0 Å². The molecule has 0 atom stereocenters. The lowest BCUT2D eigenvalue weighted by molar-refractivity contribution is 0.0552. The maximum absolute atomic E-state index is 12.2. The summed E-state index contributed by atoms with van der Waals surface area (Å²) < 4.78 is 9.64. The Kier molecular flexibility index (Phi) is 4.24. The predicted molar refractivity (Wildman–Crippen MR) is 89.9 cm³/mol. The van der Waals surface area contributed by atoms with Crippen molar-refractivity contribution in [3.8, 4) is 11.3 Å². The second-order valence-electron chi connectivity index (χ2n) is 5.08. The largest absolute Gasteiger partial charge is 0.465 e. The van der Waals surface area contributed by atoms with Crippen molar-refractivity contribution >= 4 is 22.7 Å². The van der Waals surface area contributed by atoms with Crippen LogP contribution in [0.4, 0.5) is 0 Å². The molecule has 1 heterocycles. The van der Waals surface area contributed by atoms with Crippen molar-refractivity contribution in [1.29, 1.82) is 0 Å². The van der Waals surface area contributed by atoms with Gasteiger partial charge in [0.1, 0.15) is 5.56 Å². The molecule has 0 fully saturated rings. The van der Waals surface area contributed by atoms with Gasteiger partial charge in [0, 0.05) is 16.3 Å². The lowest BCUT2D eigenvalue weighted by atomic mass is 9.98. The lowest BCUT2D eigenvalue weighted by Crippen LogP contribution is -2.15. The average molecular weight is 321 g/mol. The van der Waals surface area contributed by atoms with E-state index in [0.29, 0.717) is 11.1 Å². The number of nitrogens with zero attached hydrogens (tertiary/aromatic N) is 1. The highest BCUT2D eigenvalue weighted by Crippen LogP contribution is 2.31. The van der Waals surface area contributed by atoms with E-state index in [4.69, 9.17) is 9.47 Å². The molecule has 0 spiro atoms. The summed E-state index contributed by atoms with van der Waals surface area (Å²) in [7, 11) is 2.52. The summed E-state index contributed by atoms with van der Waals surface area (Å²) in [4.78, 5) is 28.9. The molecule has 0 saturated carbocycles. The minimum atomic E-state index is -0.682. The van der Waals surface area contributed by atoms with Crippen LogP contribution in [0.3, 0.4) is 0 Å². The summed E-state index contributed by atoms with van der Waals surface area (Å²) in [5.74, 6) is -1.31. The van der Waals surface area contributed by atoms with Crippen molar-refractivity contribution < 1.29 is 19.1 Å². The summed E-state index contributed by atoms with van der Waals surface area (Å²) in [5, 5.41) is 1.36. The van der Waals surface area contributed by atoms with E-state index in [0.717, 1.165) is 10.9 Å². The molecule has 1 aromatic heterocycles. The maximum atomic E-state index is 12.2. The van der Waals surface area contributed by atoms with Gasteiger partial charge in [-0.05, 0) is 0 Å². The first-order chi connectivity index (χ1) is 11.7. The van der Waals surface area contributed by atoms with E-state index in [1.807, 2.05) is 42.5 Å². The van der Waals surface area contributed by atoms with Crippen LogP contribution in [-0.4, -0.2) is 31.1 Å². The molecule has 5 heteroatoms. The Balaban J connectivity index is 2.43. The molecule has 0 amide bonds. The first-order valence-electron chi connectivity index (χ1n) is 7.32. The topological polar surface area (TPSA) is 65.5 Å². The Morgan fingerprint density at radius 2 is 1.38 bits per heavy atom. The van der Waals surface area contributed by atoms with Crippen LogP contribution in [-0.2, 0) is 9.47 Å². The number of carbonyl (C=O) groups is 2. The number of esters is 2. The van der Waals surface area contributed by atoms with E-state index in [1.54, 1.807) is 12.1 Å². The predicted octanol–water partition coefficient (Wildman–Crippen LogP) is 3.48. The molecule has 0 aliphatic heterocycles. The van der Waals surface area contributed by atoms with E-state index in [2.05, 4.69) is 4.98 Å². The standard InChI is InChI=1S/C19H15NO4/c1-23-18(21)15-13-10-6-7-11-14(13)16(12-8-4-3-5-9-12)20-17(15)19(22)24-2/h3-11H,1-2H3. The number of ether oxygens (including phenoxy) is 2. The highest BCUT2D eigenvalue weighted by molar-refractivity contribution is 6.14. The molecular weight excluding hydrogens is 306 g/mol.